The normalized spacial score (nSPS) is 14.1. The van der Waals surface area contributed by atoms with Crippen molar-refractivity contribution in [3.63, 3.8) is 0 Å². The zero-order valence-electron chi connectivity index (χ0n) is 6.29. The van der Waals surface area contributed by atoms with E-state index in [4.69, 9.17) is 9.47 Å². The van der Waals surface area contributed by atoms with Gasteiger partial charge in [-0.3, -0.25) is 0 Å². The fourth-order valence-corrected chi connectivity index (χ4v) is 1.50. The summed E-state index contributed by atoms with van der Waals surface area (Å²) in [4.78, 5) is 0. The van der Waals surface area contributed by atoms with E-state index >= 15 is 0 Å². The lowest BCUT2D eigenvalue weighted by Gasteiger charge is -1.96. The fraction of sp³-hybridized carbons (Fsp3) is 0.111. The summed E-state index contributed by atoms with van der Waals surface area (Å²) in [6.45, 7) is 0.340. The number of fused-ring (bicyclic) bond motifs is 1. The van der Waals surface area contributed by atoms with Gasteiger partial charge in [0.25, 0.3) is 0 Å². The molecule has 1 heterocycles. The van der Waals surface area contributed by atoms with Gasteiger partial charge in [-0.2, -0.15) is 0 Å². The van der Waals surface area contributed by atoms with Crippen molar-refractivity contribution in [3.8, 4) is 11.5 Å². The van der Waals surface area contributed by atoms with Crippen LogP contribution in [-0.2, 0) is 0 Å². The van der Waals surface area contributed by atoms with Gasteiger partial charge < -0.3 is 9.47 Å². The Kier molecular flexibility index (Phi) is 2.21. The molecule has 0 saturated heterocycles. The number of ether oxygens (including phenoxy) is 2. The summed E-state index contributed by atoms with van der Waals surface area (Å²) in [7, 11) is 0. The van der Waals surface area contributed by atoms with Crippen LogP contribution in [0.25, 0.3) is 6.08 Å². The Morgan fingerprint density at radius 3 is 2.92 bits per heavy atom. The van der Waals surface area contributed by atoms with Gasteiger partial charge in [-0.1, -0.05) is 28.7 Å². The first-order valence-electron chi connectivity index (χ1n) is 3.56. The smallest absolute Gasteiger partial charge is 0.231 e. The van der Waals surface area contributed by atoms with Gasteiger partial charge in [0.1, 0.15) is 0 Å². The van der Waals surface area contributed by atoms with E-state index in [-0.39, 0.29) is 0 Å². The minimum absolute atomic E-state index is 0.340. The molecule has 0 unspecified atom stereocenters. The lowest BCUT2D eigenvalue weighted by atomic mass is 10.2. The molecule has 3 heteroatoms. The largest absolute Gasteiger partial charge is 0.454 e. The average Bonchev–Trinajstić information content (AvgIpc) is 2.51. The molecule has 0 fully saturated rings. The fourth-order valence-electron chi connectivity index (χ4n) is 1.09. The molecule has 2 nitrogen and oxygen atoms in total. The maximum atomic E-state index is 5.23. The highest BCUT2D eigenvalue weighted by molar-refractivity contribution is 14.1. The van der Waals surface area contributed by atoms with Gasteiger partial charge in [0.05, 0.1) is 0 Å². The van der Waals surface area contributed by atoms with Crippen molar-refractivity contribution in [2.24, 2.45) is 0 Å². The molecular weight excluding hydrogens is 267 g/mol. The van der Waals surface area contributed by atoms with Crippen molar-refractivity contribution in [2.75, 3.05) is 6.79 Å². The van der Waals surface area contributed by atoms with Crippen molar-refractivity contribution < 1.29 is 9.47 Å². The Hall–Kier alpha value is -0.710. The standard InChI is InChI=1S/C9H7IO2/c10-4-3-7-1-2-8-9(5-7)12-6-11-8/h1-5H,6H2/b4-3-. The molecule has 0 N–H and O–H groups in total. The Balaban J connectivity index is 2.38. The van der Waals surface area contributed by atoms with Crippen LogP contribution in [0, 0.1) is 0 Å². The van der Waals surface area contributed by atoms with Crippen LogP contribution in [-0.4, -0.2) is 6.79 Å². The second kappa shape index (κ2) is 3.35. The Bertz CT molecular complexity index is 320. The lowest BCUT2D eigenvalue weighted by molar-refractivity contribution is 0.174. The maximum Gasteiger partial charge on any atom is 0.231 e. The lowest BCUT2D eigenvalue weighted by Crippen LogP contribution is -1.92. The quantitative estimate of drug-likeness (QED) is 0.733. The van der Waals surface area contributed by atoms with Crippen LogP contribution >= 0.6 is 22.6 Å². The summed E-state index contributed by atoms with van der Waals surface area (Å²) >= 11 is 2.19. The molecule has 0 amide bonds. The van der Waals surface area contributed by atoms with Crippen LogP contribution in [0.4, 0.5) is 0 Å². The molecule has 12 heavy (non-hydrogen) atoms. The SMILES string of the molecule is I/C=C\c1ccc2c(c1)OCO2. The molecular formula is C9H7IO2. The molecule has 0 aliphatic carbocycles. The first-order chi connectivity index (χ1) is 5.90. The van der Waals surface area contributed by atoms with Gasteiger partial charge in [0.15, 0.2) is 11.5 Å². The molecule has 1 aromatic carbocycles. The summed E-state index contributed by atoms with van der Waals surface area (Å²) in [5, 5.41) is 0. The third-order valence-corrected chi connectivity index (χ3v) is 2.01. The van der Waals surface area contributed by atoms with Gasteiger partial charge in [-0.25, -0.2) is 0 Å². The molecule has 1 aliphatic heterocycles. The second-order valence-corrected chi connectivity index (χ2v) is 3.12. The Morgan fingerprint density at radius 2 is 2.08 bits per heavy atom. The van der Waals surface area contributed by atoms with Gasteiger partial charge in [-0.15, -0.1) is 0 Å². The molecule has 2 rings (SSSR count). The number of benzene rings is 1. The predicted molar refractivity (Wildman–Crippen MR) is 55.6 cm³/mol. The van der Waals surface area contributed by atoms with Crippen molar-refractivity contribution in [1.82, 2.24) is 0 Å². The van der Waals surface area contributed by atoms with Gasteiger partial charge >= 0.3 is 0 Å². The topological polar surface area (TPSA) is 18.5 Å². The van der Waals surface area contributed by atoms with Crippen molar-refractivity contribution >= 4 is 28.7 Å². The van der Waals surface area contributed by atoms with E-state index in [9.17, 15) is 0 Å². The predicted octanol–water partition coefficient (Wildman–Crippen LogP) is 2.82. The van der Waals surface area contributed by atoms with E-state index < -0.39 is 0 Å². The van der Waals surface area contributed by atoms with Crippen LogP contribution in [0.15, 0.2) is 22.3 Å². The summed E-state index contributed by atoms with van der Waals surface area (Å²) < 4.78 is 12.4. The van der Waals surface area contributed by atoms with Crippen molar-refractivity contribution in [2.45, 2.75) is 0 Å². The highest BCUT2D eigenvalue weighted by atomic mass is 127. The molecule has 62 valence electrons. The zero-order chi connectivity index (χ0) is 8.39. The van der Waals surface area contributed by atoms with Crippen LogP contribution in [0.5, 0.6) is 11.5 Å². The summed E-state index contributed by atoms with van der Waals surface area (Å²) in [5.74, 6) is 1.67. The van der Waals surface area contributed by atoms with E-state index in [1.165, 1.54) is 0 Å². The van der Waals surface area contributed by atoms with Gasteiger partial charge in [0, 0.05) is 0 Å². The average molecular weight is 274 g/mol. The van der Waals surface area contributed by atoms with E-state index in [1.807, 2.05) is 28.4 Å². The van der Waals surface area contributed by atoms with E-state index in [2.05, 4.69) is 22.6 Å². The first-order valence-corrected chi connectivity index (χ1v) is 4.81. The highest BCUT2D eigenvalue weighted by Gasteiger charge is 2.11. The van der Waals surface area contributed by atoms with Crippen LogP contribution in [0.1, 0.15) is 5.56 Å². The van der Waals surface area contributed by atoms with Crippen LogP contribution in [0.3, 0.4) is 0 Å². The minimum Gasteiger partial charge on any atom is -0.454 e. The first kappa shape index (κ1) is 7.91. The zero-order valence-corrected chi connectivity index (χ0v) is 8.45. The molecule has 1 aromatic rings. The number of rotatable bonds is 1. The Morgan fingerprint density at radius 1 is 1.25 bits per heavy atom. The van der Waals surface area contributed by atoms with Gasteiger partial charge in [-0.05, 0) is 27.9 Å². The third-order valence-electron chi connectivity index (χ3n) is 1.65. The number of hydrogen-bond donors (Lipinski definition) is 0. The third kappa shape index (κ3) is 1.41. The van der Waals surface area contributed by atoms with E-state index in [1.54, 1.807) is 0 Å². The van der Waals surface area contributed by atoms with Crippen molar-refractivity contribution in [3.05, 3.63) is 27.8 Å². The molecule has 1 aliphatic rings. The number of hydrogen-bond acceptors (Lipinski definition) is 2. The molecule has 0 bridgehead atoms. The molecule has 0 saturated carbocycles. The molecule has 0 aromatic heterocycles. The van der Waals surface area contributed by atoms with E-state index in [0.29, 0.717) is 6.79 Å². The van der Waals surface area contributed by atoms with Crippen LogP contribution in [0.2, 0.25) is 0 Å². The summed E-state index contributed by atoms with van der Waals surface area (Å²) in [5.41, 5.74) is 1.13. The van der Waals surface area contributed by atoms with E-state index in [0.717, 1.165) is 17.1 Å². The summed E-state index contributed by atoms with van der Waals surface area (Å²) in [6.07, 6.45) is 2.02. The number of halogens is 1. The summed E-state index contributed by atoms with van der Waals surface area (Å²) in [6, 6.07) is 5.90. The van der Waals surface area contributed by atoms with Gasteiger partial charge in [0.2, 0.25) is 6.79 Å². The Labute approximate surface area is 84.3 Å². The highest BCUT2D eigenvalue weighted by Crippen LogP contribution is 2.32. The molecule has 0 atom stereocenters. The molecule has 0 spiro atoms. The maximum absolute atomic E-state index is 5.23. The minimum atomic E-state index is 0.340. The molecule has 0 radical (unpaired) electrons. The monoisotopic (exact) mass is 274 g/mol. The van der Waals surface area contributed by atoms with Crippen LogP contribution < -0.4 is 9.47 Å². The van der Waals surface area contributed by atoms with Crippen molar-refractivity contribution in [1.29, 1.82) is 0 Å². The second-order valence-electron chi connectivity index (χ2n) is 2.41.